The van der Waals surface area contributed by atoms with E-state index >= 15 is 0 Å². The predicted molar refractivity (Wildman–Crippen MR) is 92.9 cm³/mol. The zero-order valence-corrected chi connectivity index (χ0v) is 14.9. The number of rotatable bonds is 5. The highest BCUT2D eigenvalue weighted by molar-refractivity contribution is 5.79. The van der Waals surface area contributed by atoms with Gasteiger partial charge in [0.05, 0.1) is 19.1 Å². The molecule has 0 aromatic rings. The lowest BCUT2D eigenvalue weighted by Crippen LogP contribution is -2.52. The zero-order valence-electron chi connectivity index (χ0n) is 14.9. The fraction of sp³-hybridized carbons (Fsp3) is 0.944. The van der Waals surface area contributed by atoms with Gasteiger partial charge in [-0.2, -0.15) is 0 Å². The maximum Gasteiger partial charge on any atom is 0.227 e. The predicted octanol–water partition coefficient (Wildman–Crippen LogP) is 0.404. The van der Waals surface area contributed by atoms with Crippen LogP contribution in [0.25, 0.3) is 0 Å². The molecule has 0 unspecified atom stereocenters. The molecule has 0 aromatic carbocycles. The third-order valence-corrected chi connectivity index (χ3v) is 5.83. The molecule has 3 aliphatic heterocycles. The molecule has 6 heteroatoms. The number of carbonyl (C=O) groups excluding carboxylic acids is 1. The van der Waals surface area contributed by atoms with Crippen molar-refractivity contribution < 1.29 is 14.6 Å². The number of ether oxygens (including phenoxy) is 1. The Balaban J connectivity index is 1.46. The normalized spacial score (nSPS) is 28.2. The molecule has 0 radical (unpaired) electrons. The van der Waals surface area contributed by atoms with Crippen molar-refractivity contribution in [1.29, 1.82) is 0 Å². The molecule has 138 valence electrons. The monoisotopic (exact) mass is 339 g/mol. The highest BCUT2D eigenvalue weighted by atomic mass is 16.5. The van der Waals surface area contributed by atoms with Gasteiger partial charge in [-0.1, -0.05) is 0 Å². The molecule has 1 amide bonds. The largest absolute Gasteiger partial charge is 0.396 e. The summed E-state index contributed by atoms with van der Waals surface area (Å²) in [5, 5.41) is 8.96. The van der Waals surface area contributed by atoms with Crippen molar-refractivity contribution in [2.75, 3.05) is 65.6 Å². The molecule has 3 rings (SSSR count). The standard InChI is InChI=1S/C18H33N3O3/c22-12-2-6-19-8-4-17(5-9-19)21-7-1-3-16(15-21)18(23)20-10-13-24-14-11-20/h16-17,22H,1-15H2/t16-/m0/s1. The molecule has 3 aliphatic rings. The quantitative estimate of drug-likeness (QED) is 0.786. The Morgan fingerprint density at radius 3 is 2.50 bits per heavy atom. The average molecular weight is 339 g/mol. The van der Waals surface area contributed by atoms with Crippen molar-refractivity contribution in [1.82, 2.24) is 14.7 Å². The number of hydrogen-bond acceptors (Lipinski definition) is 5. The van der Waals surface area contributed by atoms with E-state index in [0.717, 1.165) is 65.1 Å². The molecule has 3 saturated heterocycles. The topological polar surface area (TPSA) is 56.2 Å². The molecule has 0 saturated carbocycles. The molecule has 0 spiro atoms. The number of hydrogen-bond donors (Lipinski definition) is 1. The smallest absolute Gasteiger partial charge is 0.227 e. The number of aliphatic hydroxyl groups excluding tert-OH is 1. The van der Waals surface area contributed by atoms with E-state index in [2.05, 4.69) is 9.80 Å². The van der Waals surface area contributed by atoms with Gasteiger partial charge in [0.25, 0.3) is 0 Å². The second-order valence-corrected chi connectivity index (χ2v) is 7.42. The van der Waals surface area contributed by atoms with E-state index in [0.29, 0.717) is 25.2 Å². The van der Waals surface area contributed by atoms with Crippen LogP contribution in [0, 0.1) is 5.92 Å². The fourth-order valence-electron chi connectivity index (χ4n) is 4.38. The van der Waals surface area contributed by atoms with Crippen LogP contribution < -0.4 is 0 Å². The van der Waals surface area contributed by atoms with Crippen molar-refractivity contribution in [2.45, 2.75) is 38.1 Å². The van der Waals surface area contributed by atoms with Gasteiger partial charge in [0.15, 0.2) is 0 Å². The summed E-state index contributed by atoms with van der Waals surface area (Å²) >= 11 is 0. The van der Waals surface area contributed by atoms with Gasteiger partial charge in [0, 0.05) is 38.8 Å². The van der Waals surface area contributed by atoms with E-state index < -0.39 is 0 Å². The molecule has 6 nitrogen and oxygen atoms in total. The molecule has 1 atom stereocenters. The summed E-state index contributed by atoms with van der Waals surface area (Å²) in [6.07, 6.45) is 5.46. The van der Waals surface area contributed by atoms with Crippen molar-refractivity contribution >= 4 is 5.91 Å². The van der Waals surface area contributed by atoms with E-state index in [-0.39, 0.29) is 12.5 Å². The van der Waals surface area contributed by atoms with Gasteiger partial charge >= 0.3 is 0 Å². The highest BCUT2D eigenvalue weighted by Crippen LogP contribution is 2.25. The first-order valence-electron chi connectivity index (χ1n) is 9.71. The van der Waals surface area contributed by atoms with Gasteiger partial charge < -0.3 is 19.6 Å². The number of amides is 1. The Hall–Kier alpha value is -0.690. The fourth-order valence-corrected chi connectivity index (χ4v) is 4.38. The molecule has 0 bridgehead atoms. The van der Waals surface area contributed by atoms with Gasteiger partial charge in [-0.15, -0.1) is 0 Å². The van der Waals surface area contributed by atoms with Crippen LogP contribution in [0.1, 0.15) is 32.1 Å². The summed E-state index contributed by atoms with van der Waals surface area (Å²) in [5.74, 6) is 0.535. The Kier molecular flexibility index (Phi) is 6.89. The molecule has 3 heterocycles. The summed E-state index contributed by atoms with van der Waals surface area (Å²) in [6, 6.07) is 0.635. The Bertz CT molecular complexity index is 393. The van der Waals surface area contributed by atoms with E-state index in [4.69, 9.17) is 9.84 Å². The molecule has 3 fully saturated rings. The molecular formula is C18H33N3O3. The number of aliphatic hydroxyl groups is 1. The van der Waals surface area contributed by atoms with Crippen molar-refractivity contribution in [3.63, 3.8) is 0 Å². The van der Waals surface area contributed by atoms with Crippen LogP contribution in [0.2, 0.25) is 0 Å². The van der Waals surface area contributed by atoms with E-state index in [1.807, 2.05) is 4.90 Å². The van der Waals surface area contributed by atoms with E-state index in [1.54, 1.807) is 0 Å². The van der Waals surface area contributed by atoms with Crippen LogP contribution in [-0.2, 0) is 9.53 Å². The number of piperidine rings is 2. The highest BCUT2D eigenvalue weighted by Gasteiger charge is 2.33. The minimum atomic E-state index is 0.185. The lowest BCUT2D eigenvalue weighted by molar-refractivity contribution is -0.142. The molecule has 0 aromatic heterocycles. The van der Waals surface area contributed by atoms with Crippen molar-refractivity contribution in [3.8, 4) is 0 Å². The lowest BCUT2D eigenvalue weighted by Gasteiger charge is -2.43. The molecule has 24 heavy (non-hydrogen) atoms. The third kappa shape index (κ3) is 4.69. The zero-order chi connectivity index (χ0) is 16.8. The minimum absolute atomic E-state index is 0.185. The summed E-state index contributed by atoms with van der Waals surface area (Å²) < 4.78 is 5.37. The van der Waals surface area contributed by atoms with Gasteiger partial charge in [0.1, 0.15) is 0 Å². The summed E-state index contributed by atoms with van der Waals surface area (Å²) in [7, 11) is 0. The number of nitrogens with zero attached hydrogens (tertiary/aromatic N) is 3. The molecular weight excluding hydrogens is 306 g/mol. The molecule has 0 aliphatic carbocycles. The van der Waals surface area contributed by atoms with Crippen LogP contribution in [-0.4, -0.2) is 97.4 Å². The van der Waals surface area contributed by atoms with Crippen LogP contribution in [0.3, 0.4) is 0 Å². The minimum Gasteiger partial charge on any atom is -0.396 e. The van der Waals surface area contributed by atoms with E-state index in [1.165, 1.54) is 12.8 Å². The van der Waals surface area contributed by atoms with Gasteiger partial charge in [-0.25, -0.2) is 0 Å². The van der Waals surface area contributed by atoms with Crippen LogP contribution in [0.5, 0.6) is 0 Å². The summed E-state index contributed by atoms with van der Waals surface area (Å²) in [4.78, 5) is 19.8. The van der Waals surface area contributed by atoms with E-state index in [9.17, 15) is 4.79 Å². The number of morpholine rings is 1. The Morgan fingerprint density at radius 1 is 1.04 bits per heavy atom. The number of carbonyl (C=O) groups is 1. The first kappa shape index (κ1) is 18.1. The second-order valence-electron chi connectivity index (χ2n) is 7.42. The van der Waals surface area contributed by atoms with Crippen molar-refractivity contribution in [3.05, 3.63) is 0 Å². The van der Waals surface area contributed by atoms with Crippen LogP contribution in [0.15, 0.2) is 0 Å². The first-order chi connectivity index (χ1) is 11.8. The van der Waals surface area contributed by atoms with Gasteiger partial charge in [-0.05, 0) is 51.7 Å². The van der Waals surface area contributed by atoms with Crippen LogP contribution >= 0.6 is 0 Å². The third-order valence-electron chi connectivity index (χ3n) is 5.83. The van der Waals surface area contributed by atoms with Crippen molar-refractivity contribution in [2.24, 2.45) is 5.92 Å². The molecule has 1 N–H and O–H groups in total. The number of likely N-dealkylation sites (tertiary alicyclic amines) is 2. The Labute approximate surface area is 145 Å². The maximum absolute atomic E-state index is 12.8. The maximum atomic E-state index is 12.8. The lowest BCUT2D eigenvalue weighted by atomic mass is 9.92. The summed E-state index contributed by atoms with van der Waals surface area (Å²) in [6.45, 7) is 8.55. The SMILES string of the molecule is O=C([C@H]1CCCN(C2CCN(CCCO)CC2)C1)N1CCOCC1. The second kappa shape index (κ2) is 9.13. The van der Waals surface area contributed by atoms with Gasteiger partial charge in [-0.3, -0.25) is 9.69 Å². The summed E-state index contributed by atoms with van der Waals surface area (Å²) in [5.41, 5.74) is 0. The van der Waals surface area contributed by atoms with Gasteiger partial charge in [0.2, 0.25) is 5.91 Å². The first-order valence-corrected chi connectivity index (χ1v) is 9.71. The van der Waals surface area contributed by atoms with Crippen LogP contribution in [0.4, 0.5) is 0 Å². The average Bonchev–Trinajstić information content (AvgIpc) is 2.67. The Morgan fingerprint density at radius 2 is 1.79 bits per heavy atom.